The lowest BCUT2D eigenvalue weighted by Gasteiger charge is -2.05. The summed E-state index contributed by atoms with van der Waals surface area (Å²) in [4.78, 5) is 23.9. The van der Waals surface area contributed by atoms with Gasteiger partial charge in [-0.2, -0.15) is 0 Å². The van der Waals surface area contributed by atoms with E-state index in [2.05, 4.69) is 15.9 Å². The van der Waals surface area contributed by atoms with Gasteiger partial charge in [-0.05, 0) is 63.5 Å². The lowest BCUT2D eigenvalue weighted by atomic mass is 10.1. The molecule has 0 fully saturated rings. The molecule has 0 amide bonds. The van der Waals surface area contributed by atoms with Crippen molar-refractivity contribution in [1.82, 2.24) is 0 Å². The van der Waals surface area contributed by atoms with Crippen molar-refractivity contribution < 1.29 is 29.3 Å². The van der Waals surface area contributed by atoms with Crippen LogP contribution in [0.1, 0.15) is 17.5 Å². The fourth-order valence-corrected chi connectivity index (χ4v) is 2.52. The second kappa shape index (κ2) is 10.3. The molecule has 0 aliphatic heterocycles. The minimum absolute atomic E-state index is 0.00483. The maximum Gasteiger partial charge on any atom is 0.163 e. The molecule has 0 unspecified atom stereocenters. The average Bonchev–Trinajstić information content (AvgIpc) is 2.68. The number of hydrogen-bond acceptors (Lipinski definition) is 6. The van der Waals surface area contributed by atoms with Gasteiger partial charge in [0.1, 0.15) is 5.52 Å². The van der Waals surface area contributed by atoms with E-state index in [0.717, 1.165) is 0 Å². The second-order valence-corrected chi connectivity index (χ2v) is 6.15. The Hall–Kier alpha value is -3.06. The molecular weight excluding hydrogens is 428 g/mol. The molecule has 0 aliphatic rings. The standard InChI is InChI=1S/C21H19BrO6/c1-27-20-10-14(4-8-18(20)25)2-6-16(23)12-17(24)7-3-15-5-9-19(26)21(11-15)28-13-22/h2-11,25-26H,12-13H2,1H3/b6-2+,7-3+. The zero-order chi connectivity index (χ0) is 20.5. The highest BCUT2D eigenvalue weighted by Gasteiger charge is 2.06. The molecule has 0 bridgehead atoms. The largest absolute Gasteiger partial charge is 0.504 e. The van der Waals surface area contributed by atoms with Gasteiger partial charge in [0.2, 0.25) is 0 Å². The van der Waals surface area contributed by atoms with Crippen molar-refractivity contribution in [2.24, 2.45) is 0 Å². The molecule has 28 heavy (non-hydrogen) atoms. The number of ether oxygens (including phenoxy) is 2. The quantitative estimate of drug-likeness (QED) is 0.342. The maximum absolute atomic E-state index is 12.0. The van der Waals surface area contributed by atoms with Gasteiger partial charge < -0.3 is 19.7 Å². The Morgan fingerprint density at radius 2 is 1.43 bits per heavy atom. The molecule has 146 valence electrons. The number of carbonyl (C=O) groups is 2. The first-order valence-corrected chi connectivity index (χ1v) is 9.35. The second-order valence-electron chi connectivity index (χ2n) is 5.69. The van der Waals surface area contributed by atoms with Gasteiger partial charge in [-0.25, -0.2) is 0 Å². The van der Waals surface area contributed by atoms with Crippen molar-refractivity contribution in [3.8, 4) is 23.0 Å². The molecule has 0 atom stereocenters. The normalized spacial score (nSPS) is 11.1. The SMILES string of the molecule is COc1cc(/C=C/C(=O)CC(=O)/C=C/c2ccc(O)c(OCBr)c2)ccc1O. The van der Waals surface area contributed by atoms with Crippen molar-refractivity contribution in [3.05, 3.63) is 59.7 Å². The molecule has 7 heteroatoms. The highest BCUT2D eigenvalue weighted by Crippen LogP contribution is 2.28. The molecule has 0 saturated carbocycles. The third-order valence-electron chi connectivity index (χ3n) is 3.67. The Morgan fingerprint density at radius 1 is 0.929 bits per heavy atom. The number of phenols is 2. The third-order valence-corrected chi connectivity index (χ3v) is 3.90. The van der Waals surface area contributed by atoms with Crippen LogP contribution >= 0.6 is 15.9 Å². The summed E-state index contributed by atoms with van der Waals surface area (Å²) >= 11 is 3.11. The summed E-state index contributed by atoms with van der Waals surface area (Å²) in [6, 6.07) is 9.34. The first-order chi connectivity index (χ1) is 13.4. The van der Waals surface area contributed by atoms with Gasteiger partial charge in [-0.1, -0.05) is 24.3 Å². The smallest absolute Gasteiger partial charge is 0.163 e. The molecule has 6 nitrogen and oxygen atoms in total. The summed E-state index contributed by atoms with van der Waals surface area (Å²) in [5.41, 5.74) is 1.54. The first-order valence-electron chi connectivity index (χ1n) is 8.23. The number of ketones is 2. The van der Waals surface area contributed by atoms with Gasteiger partial charge >= 0.3 is 0 Å². The molecule has 0 saturated heterocycles. The predicted octanol–water partition coefficient (Wildman–Crippen LogP) is 4.09. The highest BCUT2D eigenvalue weighted by atomic mass is 79.9. The molecule has 2 rings (SSSR count). The monoisotopic (exact) mass is 446 g/mol. The third kappa shape index (κ3) is 6.28. The molecule has 0 radical (unpaired) electrons. The molecular formula is C21H19BrO6. The van der Waals surface area contributed by atoms with Crippen LogP contribution in [-0.4, -0.2) is 34.4 Å². The zero-order valence-electron chi connectivity index (χ0n) is 15.1. The van der Waals surface area contributed by atoms with Crippen LogP contribution in [0, 0.1) is 0 Å². The fourth-order valence-electron chi connectivity index (χ4n) is 2.27. The van der Waals surface area contributed by atoms with Crippen LogP contribution < -0.4 is 9.47 Å². The average molecular weight is 447 g/mol. The number of allylic oxidation sites excluding steroid dienone is 2. The number of halogens is 1. The van der Waals surface area contributed by atoms with Crippen LogP contribution in [0.5, 0.6) is 23.0 Å². The van der Waals surface area contributed by atoms with Gasteiger partial charge in [0.05, 0.1) is 13.5 Å². The summed E-state index contributed by atoms with van der Waals surface area (Å²) in [6.07, 6.45) is 5.43. The summed E-state index contributed by atoms with van der Waals surface area (Å²) < 4.78 is 10.2. The van der Waals surface area contributed by atoms with E-state index in [0.29, 0.717) is 16.9 Å². The Morgan fingerprint density at radius 3 is 1.93 bits per heavy atom. The Kier molecular flexibility index (Phi) is 7.83. The number of methoxy groups -OCH3 is 1. The summed E-state index contributed by atoms with van der Waals surface area (Å²) in [6.45, 7) is 0. The maximum atomic E-state index is 12.0. The molecule has 0 spiro atoms. The zero-order valence-corrected chi connectivity index (χ0v) is 16.7. The van der Waals surface area contributed by atoms with Crippen LogP contribution in [0.4, 0.5) is 0 Å². The molecule has 0 aliphatic carbocycles. The van der Waals surface area contributed by atoms with E-state index in [9.17, 15) is 19.8 Å². The number of aromatic hydroxyl groups is 2. The molecule has 0 aromatic heterocycles. The van der Waals surface area contributed by atoms with Crippen LogP contribution in [0.3, 0.4) is 0 Å². The lowest BCUT2D eigenvalue weighted by Crippen LogP contribution is -2.01. The lowest BCUT2D eigenvalue weighted by molar-refractivity contribution is -0.121. The van der Waals surface area contributed by atoms with Crippen molar-refractivity contribution >= 4 is 39.6 Å². The predicted molar refractivity (Wildman–Crippen MR) is 110 cm³/mol. The van der Waals surface area contributed by atoms with Crippen molar-refractivity contribution in [2.45, 2.75) is 6.42 Å². The molecule has 0 heterocycles. The van der Waals surface area contributed by atoms with E-state index in [1.807, 2.05) is 0 Å². The summed E-state index contributed by atoms with van der Waals surface area (Å²) in [7, 11) is 1.43. The number of carbonyl (C=O) groups excluding carboxylic acids is 2. The van der Waals surface area contributed by atoms with Crippen molar-refractivity contribution in [1.29, 1.82) is 0 Å². The number of hydrogen-bond donors (Lipinski definition) is 2. The summed E-state index contributed by atoms with van der Waals surface area (Å²) in [5, 5.41) is 19.2. The first kappa shape index (κ1) is 21.2. The van der Waals surface area contributed by atoms with Crippen molar-refractivity contribution in [3.63, 3.8) is 0 Å². The van der Waals surface area contributed by atoms with Crippen molar-refractivity contribution in [2.75, 3.05) is 12.6 Å². The van der Waals surface area contributed by atoms with E-state index >= 15 is 0 Å². The van der Waals surface area contributed by atoms with Crippen LogP contribution in [0.25, 0.3) is 12.2 Å². The highest BCUT2D eigenvalue weighted by molar-refractivity contribution is 9.09. The van der Waals surface area contributed by atoms with Gasteiger partial charge in [0, 0.05) is 0 Å². The molecule has 2 aromatic rings. The Bertz CT molecular complexity index is 917. The minimum Gasteiger partial charge on any atom is -0.504 e. The Balaban J connectivity index is 1.96. The van der Waals surface area contributed by atoms with E-state index < -0.39 is 0 Å². The van der Waals surface area contributed by atoms with Gasteiger partial charge in [0.15, 0.2) is 34.6 Å². The molecule has 2 N–H and O–H groups in total. The van der Waals surface area contributed by atoms with Gasteiger partial charge in [-0.3, -0.25) is 9.59 Å². The Labute approximate surface area is 170 Å². The minimum atomic E-state index is -0.353. The van der Waals surface area contributed by atoms with Gasteiger partial charge in [0.25, 0.3) is 0 Å². The van der Waals surface area contributed by atoms with E-state index in [1.54, 1.807) is 36.4 Å². The molecule has 2 aromatic carbocycles. The fraction of sp³-hybridized carbons (Fsp3) is 0.143. The van der Waals surface area contributed by atoms with E-state index in [-0.39, 0.29) is 40.8 Å². The number of benzene rings is 2. The van der Waals surface area contributed by atoms with E-state index in [1.165, 1.54) is 31.4 Å². The van der Waals surface area contributed by atoms with Crippen LogP contribution in [0.15, 0.2) is 48.6 Å². The number of rotatable bonds is 9. The van der Waals surface area contributed by atoms with Crippen LogP contribution in [0.2, 0.25) is 0 Å². The van der Waals surface area contributed by atoms with Crippen LogP contribution in [-0.2, 0) is 9.59 Å². The number of alkyl halides is 1. The number of phenolic OH excluding ortho intramolecular Hbond substituents is 2. The summed E-state index contributed by atoms with van der Waals surface area (Å²) in [5.74, 6) is -0.121. The van der Waals surface area contributed by atoms with E-state index in [4.69, 9.17) is 9.47 Å². The van der Waals surface area contributed by atoms with Gasteiger partial charge in [-0.15, -0.1) is 0 Å². The topological polar surface area (TPSA) is 93.1 Å².